The molecule has 0 spiro atoms. The van der Waals surface area contributed by atoms with Gasteiger partial charge in [0.15, 0.2) is 0 Å². The number of hydrogen-bond acceptors (Lipinski definition) is 5. The minimum Gasteiger partial charge on any atom is -0.406 e. The standard InChI is InChI=1S/C19H17F3N4O3/c20-19(21,22)29-16-7-5-14(6-8-16)17(27)9-24-18(28)15-3-1-13(2-4-15)10-26-12-23-11-25-26/h1-8,11-12,17,27H,9-10H2,(H,24,28). The second-order valence-electron chi connectivity index (χ2n) is 6.13. The first-order chi connectivity index (χ1) is 13.8. The van der Waals surface area contributed by atoms with Crippen LogP contribution in [0.5, 0.6) is 5.75 Å². The van der Waals surface area contributed by atoms with Crippen LogP contribution in [0.2, 0.25) is 0 Å². The van der Waals surface area contributed by atoms with Crippen molar-refractivity contribution in [1.82, 2.24) is 20.1 Å². The van der Waals surface area contributed by atoms with Gasteiger partial charge in [-0.3, -0.25) is 4.79 Å². The molecule has 1 aromatic heterocycles. The highest BCUT2D eigenvalue weighted by Gasteiger charge is 2.31. The highest BCUT2D eigenvalue weighted by atomic mass is 19.4. The largest absolute Gasteiger partial charge is 0.573 e. The predicted octanol–water partition coefficient (Wildman–Crippen LogP) is 2.69. The summed E-state index contributed by atoms with van der Waals surface area (Å²) in [6, 6.07) is 11.7. The molecule has 0 saturated heterocycles. The lowest BCUT2D eigenvalue weighted by Gasteiger charge is -2.14. The summed E-state index contributed by atoms with van der Waals surface area (Å²) in [7, 11) is 0. The van der Waals surface area contributed by atoms with E-state index in [0.717, 1.165) is 17.7 Å². The van der Waals surface area contributed by atoms with Crippen molar-refractivity contribution >= 4 is 5.91 Å². The number of aliphatic hydroxyl groups excluding tert-OH is 1. The van der Waals surface area contributed by atoms with E-state index in [0.29, 0.717) is 17.7 Å². The SMILES string of the molecule is O=C(NCC(O)c1ccc(OC(F)(F)F)cc1)c1ccc(Cn2cncn2)cc1. The monoisotopic (exact) mass is 406 g/mol. The van der Waals surface area contributed by atoms with Crippen LogP contribution in [0.4, 0.5) is 13.2 Å². The third-order valence-corrected chi connectivity index (χ3v) is 3.98. The number of aliphatic hydroxyl groups is 1. The molecule has 3 aromatic rings. The van der Waals surface area contributed by atoms with Crippen LogP contribution in [0.25, 0.3) is 0 Å². The summed E-state index contributed by atoms with van der Waals surface area (Å²) in [6.07, 6.45) is -2.84. The molecule has 0 radical (unpaired) electrons. The fourth-order valence-electron chi connectivity index (χ4n) is 2.56. The van der Waals surface area contributed by atoms with Crippen LogP contribution in [0.3, 0.4) is 0 Å². The van der Waals surface area contributed by atoms with Gasteiger partial charge in [0, 0.05) is 12.1 Å². The Bertz CT molecular complexity index is 927. The summed E-state index contributed by atoms with van der Waals surface area (Å²) >= 11 is 0. The number of hydrogen-bond donors (Lipinski definition) is 2. The number of amides is 1. The first-order valence-corrected chi connectivity index (χ1v) is 8.53. The van der Waals surface area contributed by atoms with E-state index in [1.54, 1.807) is 35.3 Å². The lowest BCUT2D eigenvalue weighted by Crippen LogP contribution is -2.28. The number of alkyl halides is 3. The van der Waals surface area contributed by atoms with Crippen LogP contribution in [-0.4, -0.2) is 38.7 Å². The zero-order chi connectivity index (χ0) is 20.9. The molecule has 2 aromatic carbocycles. The molecule has 1 unspecified atom stereocenters. The quantitative estimate of drug-likeness (QED) is 0.630. The summed E-state index contributed by atoms with van der Waals surface area (Å²) in [6.45, 7) is 0.424. The van der Waals surface area contributed by atoms with E-state index < -0.39 is 12.5 Å². The molecule has 0 fully saturated rings. The predicted molar refractivity (Wildman–Crippen MR) is 96.0 cm³/mol. The van der Waals surface area contributed by atoms with E-state index in [4.69, 9.17) is 0 Å². The highest BCUT2D eigenvalue weighted by Crippen LogP contribution is 2.24. The van der Waals surface area contributed by atoms with Gasteiger partial charge in [-0.05, 0) is 35.4 Å². The minimum absolute atomic E-state index is 0.0982. The van der Waals surface area contributed by atoms with E-state index >= 15 is 0 Å². The molecule has 0 aliphatic heterocycles. The van der Waals surface area contributed by atoms with Crippen molar-refractivity contribution in [2.75, 3.05) is 6.54 Å². The molecular weight excluding hydrogens is 389 g/mol. The molecule has 152 valence electrons. The first-order valence-electron chi connectivity index (χ1n) is 8.53. The van der Waals surface area contributed by atoms with E-state index in [-0.39, 0.29) is 18.2 Å². The normalized spacial score (nSPS) is 12.4. The fourth-order valence-corrected chi connectivity index (χ4v) is 2.56. The summed E-state index contributed by atoms with van der Waals surface area (Å²) < 4.78 is 41.9. The Morgan fingerprint density at radius 1 is 1.14 bits per heavy atom. The van der Waals surface area contributed by atoms with E-state index in [2.05, 4.69) is 20.1 Å². The summed E-state index contributed by atoms with van der Waals surface area (Å²) in [5.41, 5.74) is 1.70. The second-order valence-corrected chi connectivity index (χ2v) is 6.13. The van der Waals surface area contributed by atoms with Gasteiger partial charge >= 0.3 is 6.36 Å². The van der Waals surface area contributed by atoms with Crippen molar-refractivity contribution in [1.29, 1.82) is 0 Å². The third kappa shape index (κ3) is 6.04. The number of aromatic nitrogens is 3. The average molecular weight is 406 g/mol. The Labute approximate surface area is 163 Å². The van der Waals surface area contributed by atoms with E-state index in [1.807, 2.05) is 0 Å². The zero-order valence-corrected chi connectivity index (χ0v) is 15.0. The minimum atomic E-state index is -4.78. The van der Waals surface area contributed by atoms with Gasteiger partial charge in [-0.1, -0.05) is 24.3 Å². The van der Waals surface area contributed by atoms with Gasteiger partial charge in [-0.15, -0.1) is 13.2 Å². The Morgan fingerprint density at radius 3 is 2.41 bits per heavy atom. The van der Waals surface area contributed by atoms with Gasteiger partial charge in [0.05, 0.1) is 12.6 Å². The number of rotatable bonds is 7. The summed E-state index contributed by atoms with van der Waals surface area (Å²) in [5.74, 6) is -0.767. The number of halogens is 3. The molecule has 1 amide bonds. The summed E-state index contributed by atoms with van der Waals surface area (Å²) in [5, 5.41) is 16.7. The Kier molecular flexibility index (Phi) is 6.13. The van der Waals surface area contributed by atoms with Gasteiger partial charge in [0.2, 0.25) is 0 Å². The molecule has 29 heavy (non-hydrogen) atoms. The van der Waals surface area contributed by atoms with Gasteiger partial charge in [-0.2, -0.15) is 5.10 Å². The maximum Gasteiger partial charge on any atom is 0.573 e. The maximum absolute atomic E-state index is 12.2. The number of nitrogens with zero attached hydrogens (tertiary/aromatic N) is 3. The molecule has 1 heterocycles. The number of carbonyl (C=O) groups excluding carboxylic acids is 1. The molecule has 3 rings (SSSR count). The second kappa shape index (κ2) is 8.74. The van der Waals surface area contributed by atoms with Crippen LogP contribution < -0.4 is 10.1 Å². The zero-order valence-electron chi connectivity index (χ0n) is 15.0. The Balaban J connectivity index is 1.51. The van der Waals surface area contributed by atoms with Crippen molar-refractivity contribution in [3.63, 3.8) is 0 Å². The molecule has 0 bridgehead atoms. The van der Waals surface area contributed by atoms with Crippen LogP contribution in [0, 0.1) is 0 Å². The highest BCUT2D eigenvalue weighted by molar-refractivity contribution is 5.94. The molecule has 0 aliphatic rings. The number of benzene rings is 2. The van der Waals surface area contributed by atoms with Gasteiger partial charge < -0.3 is 15.2 Å². The number of ether oxygens (including phenoxy) is 1. The van der Waals surface area contributed by atoms with Crippen LogP contribution in [0.1, 0.15) is 27.6 Å². The third-order valence-electron chi connectivity index (χ3n) is 3.98. The van der Waals surface area contributed by atoms with Crippen molar-refractivity contribution in [2.45, 2.75) is 19.0 Å². The van der Waals surface area contributed by atoms with E-state index in [9.17, 15) is 23.1 Å². The molecule has 0 aliphatic carbocycles. The fraction of sp³-hybridized carbons (Fsp3) is 0.211. The molecule has 10 heteroatoms. The van der Waals surface area contributed by atoms with Gasteiger partial charge in [0.25, 0.3) is 5.91 Å². The molecule has 0 saturated carbocycles. The van der Waals surface area contributed by atoms with Crippen molar-refractivity contribution < 1.29 is 27.8 Å². The van der Waals surface area contributed by atoms with Crippen molar-refractivity contribution in [3.05, 3.63) is 77.9 Å². The maximum atomic E-state index is 12.2. The van der Waals surface area contributed by atoms with Gasteiger partial charge in [0.1, 0.15) is 18.4 Å². The smallest absolute Gasteiger partial charge is 0.406 e. The Hall–Kier alpha value is -3.40. The van der Waals surface area contributed by atoms with E-state index in [1.165, 1.54) is 18.5 Å². The molecule has 7 nitrogen and oxygen atoms in total. The van der Waals surface area contributed by atoms with Crippen LogP contribution in [0.15, 0.2) is 61.2 Å². The molecule has 2 N–H and O–H groups in total. The number of nitrogens with one attached hydrogen (secondary N) is 1. The number of carbonyl (C=O) groups is 1. The van der Waals surface area contributed by atoms with Crippen molar-refractivity contribution in [2.24, 2.45) is 0 Å². The van der Waals surface area contributed by atoms with Gasteiger partial charge in [-0.25, -0.2) is 9.67 Å². The lowest BCUT2D eigenvalue weighted by molar-refractivity contribution is -0.274. The average Bonchev–Trinajstić information content (AvgIpc) is 3.19. The Morgan fingerprint density at radius 2 is 1.83 bits per heavy atom. The first kappa shape index (κ1) is 20.3. The van der Waals surface area contributed by atoms with Crippen molar-refractivity contribution in [3.8, 4) is 5.75 Å². The summed E-state index contributed by atoms with van der Waals surface area (Å²) in [4.78, 5) is 16.1. The van der Waals surface area contributed by atoms with Crippen LogP contribution in [-0.2, 0) is 6.54 Å². The van der Waals surface area contributed by atoms with Crippen LogP contribution >= 0.6 is 0 Å². The lowest BCUT2D eigenvalue weighted by atomic mass is 10.1. The topological polar surface area (TPSA) is 89.3 Å². The molecule has 1 atom stereocenters. The molecular formula is C19H17F3N4O3.